The van der Waals surface area contributed by atoms with Crippen molar-refractivity contribution in [3.63, 3.8) is 0 Å². The molecule has 0 radical (unpaired) electrons. The lowest BCUT2D eigenvalue weighted by molar-refractivity contribution is 0.0699. The molecule has 4 nitrogen and oxygen atoms in total. The summed E-state index contributed by atoms with van der Waals surface area (Å²) in [4.78, 5) is 16.3. The first-order valence-electron chi connectivity index (χ1n) is 8.32. The minimum absolute atomic E-state index is 0.261. The van der Waals surface area contributed by atoms with Gasteiger partial charge in [-0.2, -0.15) is 0 Å². The van der Waals surface area contributed by atoms with E-state index in [0.717, 1.165) is 16.9 Å². The Kier molecular flexibility index (Phi) is 4.70. The summed E-state index contributed by atoms with van der Waals surface area (Å²) in [6.07, 6.45) is 0. The molecule has 0 bridgehead atoms. The molecular weight excluding hydrogens is 314 g/mol. The van der Waals surface area contributed by atoms with E-state index < -0.39 is 5.97 Å². The number of benzene rings is 2. The standard InChI is InChI=1S/C21H21NO3/c1-13(2)12-25-16-6-4-5-15(10-16)20-11-18(21(23)24)17-9-14(3)7-8-19(17)22-20/h4-11,13H,12H2,1-3H3,(H,23,24). The molecule has 2 aromatic carbocycles. The maximum absolute atomic E-state index is 11.7. The lowest BCUT2D eigenvalue weighted by Crippen LogP contribution is -2.04. The number of carbonyl (C=O) groups is 1. The molecule has 128 valence electrons. The highest BCUT2D eigenvalue weighted by Gasteiger charge is 2.13. The number of pyridine rings is 1. The van der Waals surface area contributed by atoms with Crippen LogP contribution in [0.3, 0.4) is 0 Å². The summed E-state index contributed by atoms with van der Waals surface area (Å²) in [5.74, 6) is 0.240. The number of ether oxygens (including phenoxy) is 1. The first-order valence-corrected chi connectivity index (χ1v) is 8.32. The second-order valence-electron chi connectivity index (χ2n) is 6.61. The van der Waals surface area contributed by atoms with Gasteiger partial charge in [0.05, 0.1) is 23.4 Å². The molecule has 4 heteroatoms. The van der Waals surface area contributed by atoms with Gasteiger partial charge >= 0.3 is 5.97 Å². The minimum atomic E-state index is -0.952. The SMILES string of the molecule is Cc1ccc2nc(-c3cccc(OCC(C)C)c3)cc(C(=O)O)c2c1. The summed E-state index contributed by atoms with van der Waals surface area (Å²) in [7, 11) is 0. The van der Waals surface area contributed by atoms with E-state index in [0.29, 0.717) is 29.1 Å². The van der Waals surface area contributed by atoms with Gasteiger partial charge in [0.2, 0.25) is 0 Å². The third-order valence-corrected chi connectivity index (χ3v) is 3.91. The highest BCUT2D eigenvalue weighted by Crippen LogP contribution is 2.28. The number of fused-ring (bicyclic) bond motifs is 1. The van der Waals surface area contributed by atoms with Gasteiger partial charge in [0.1, 0.15) is 5.75 Å². The smallest absolute Gasteiger partial charge is 0.336 e. The summed E-state index contributed by atoms with van der Waals surface area (Å²) in [6.45, 7) is 6.76. The number of hydrogen-bond donors (Lipinski definition) is 1. The summed E-state index contributed by atoms with van der Waals surface area (Å²) in [5.41, 5.74) is 3.41. The van der Waals surface area contributed by atoms with Gasteiger partial charge in [-0.15, -0.1) is 0 Å². The van der Waals surface area contributed by atoms with Gasteiger partial charge in [0.25, 0.3) is 0 Å². The van der Waals surface area contributed by atoms with Gasteiger partial charge in [0.15, 0.2) is 0 Å². The molecule has 3 rings (SSSR count). The molecule has 0 aliphatic rings. The van der Waals surface area contributed by atoms with Gasteiger partial charge in [-0.05, 0) is 43.2 Å². The number of aromatic nitrogens is 1. The van der Waals surface area contributed by atoms with Crippen LogP contribution < -0.4 is 4.74 Å². The van der Waals surface area contributed by atoms with Crippen LogP contribution in [-0.2, 0) is 0 Å². The Hall–Kier alpha value is -2.88. The fourth-order valence-electron chi connectivity index (χ4n) is 2.67. The van der Waals surface area contributed by atoms with Crippen LogP contribution in [0.25, 0.3) is 22.2 Å². The van der Waals surface area contributed by atoms with Crippen LogP contribution in [0.4, 0.5) is 0 Å². The van der Waals surface area contributed by atoms with Crippen molar-refractivity contribution in [2.45, 2.75) is 20.8 Å². The van der Waals surface area contributed by atoms with Crippen LogP contribution in [0.2, 0.25) is 0 Å². The highest BCUT2D eigenvalue weighted by molar-refractivity contribution is 6.04. The maximum atomic E-state index is 11.7. The Balaban J connectivity index is 2.08. The largest absolute Gasteiger partial charge is 0.493 e. The summed E-state index contributed by atoms with van der Waals surface area (Å²) >= 11 is 0. The van der Waals surface area contributed by atoms with Crippen LogP contribution >= 0.6 is 0 Å². The number of aryl methyl sites for hydroxylation is 1. The van der Waals surface area contributed by atoms with Gasteiger partial charge in [-0.3, -0.25) is 0 Å². The molecule has 1 heterocycles. The molecule has 25 heavy (non-hydrogen) atoms. The van der Waals surface area contributed by atoms with E-state index in [1.54, 1.807) is 6.07 Å². The van der Waals surface area contributed by atoms with E-state index >= 15 is 0 Å². The third kappa shape index (κ3) is 3.79. The van der Waals surface area contributed by atoms with E-state index in [1.807, 2.05) is 49.4 Å². The zero-order valence-corrected chi connectivity index (χ0v) is 14.6. The predicted octanol–water partition coefficient (Wildman–Crippen LogP) is 4.94. The summed E-state index contributed by atoms with van der Waals surface area (Å²) in [6, 6.07) is 14.9. The average molecular weight is 335 g/mol. The molecule has 0 aliphatic carbocycles. The van der Waals surface area contributed by atoms with Crippen molar-refractivity contribution in [1.29, 1.82) is 0 Å². The number of rotatable bonds is 5. The van der Waals surface area contributed by atoms with Crippen LogP contribution in [0, 0.1) is 12.8 Å². The summed E-state index contributed by atoms with van der Waals surface area (Å²) in [5, 5.41) is 10.2. The molecule has 1 aromatic heterocycles. The highest BCUT2D eigenvalue weighted by atomic mass is 16.5. The van der Waals surface area contributed by atoms with Crippen molar-refractivity contribution >= 4 is 16.9 Å². The Labute approximate surface area is 147 Å². The van der Waals surface area contributed by atoms with Crippen molar-refractivity contribution < 1.29 is 14.6 Å². The van der Waals surface area contributed by atoms with Gasteiger partial charge < -0.3 is 9.84 Å². The normalized spacial score (nSPS) is 11.0. The zero-order valence-electron chi connectivity index (χ0n) is 14.6. The van der Waals surface area contributed by atoms with Crippen molar-refractivity contribution in [3.05, 3.63) is 59.7 Å². The number of carboxylic acids is 1. The maximum Gasteiger partial charge on any atom is 0.336 e. The molecule has 0 saturated carbocycles. The van der Waals surface area contributed by atoms with Crippen molar-refractivity contribution in [2.24, 2.45) is 5.92 Å². The minimum Gasteiger partial charge on any atom is -0.493 e. The average Bonchev–Trinajstić information content (AvgIpc) is 2.59. The predicted molar refractivity (Wildman–Crippen MR) is 99.2 cm³/mol. The molecule has 0 unspecified atom stereocenters. The second kappa shape index (κ2) is 6.93. The topological polar surface area (TPSA) is 59.4 Å². The van der Waals surface area contributed by atoms with E-state index in [1.165, 1.54) is 0 Å². The van der Waals surface area contributed by atoms with Crippen LogP contribution in [0.1, 0.15) is 29.8 Å². The number of carboxylic acid groups (broad SMARTS) is 1. The fraction of sp³-hybridized carbons (Fsp3) is 0.238. The van der Waals surface area contributed by atoms with E-state index in [2.05, 4.69) is 18.8 Å². The molecule has 0 aliphatic heterocycles. The molecule has 3 aromatic rings. The zero-order chi connectivity index (χ0) is 18.0. The lowest BCUT2D eigenvalue weighted by atomic mass is 10.0. The monoisotopic (exact) mass is 335 g/mol. The van der Waals surface area contributed by atoms with Crippen LogP contribution in [0.5, 0.6) is 5.75 Å². The van der Waals surface area contributed by atoms with Gasteiger partial charge in [0, 0.05) is 10.9 Å². The van der Waals surface area contributed by atoms with Crippen molar-refractivity contribution in [3.8, 4) is 17.0 Å². The van der Waals surface area contributed by atoms with Crippen LogP contribution in [-0.4, -0.2) is 22.7 Å². The van der Waals surface area contributed by atoms with Gasteiger partial charge in [-0.25, -0.2) is 9.78 Å². The van der Waals surface area contributed by atoms with Crippen LogP contribution in [0.15, 0.2) is 48.5 Å². The quantitative estimate of drug-likeness (QED) is 0.717. The molecular formula is C21H21NO3. The molecule has 0 spiro atoms. The van der Waals surface area contributed by atoms with E-state index in [-0.39, 0.29) is 5.56 Å². The second-order valence-corrected chi connectivity index (χ2v) is 6.61. The number of aromatic carboxylic acids is 1. The Morgan fingerprint density at radius 1 is 1.16 bits per heavy atom. The molecule has 0 saturated heterocycles. The fourth-order valence-corrected chi connectivity index (χ4v) is 2.67. The Morgan fingerprint density at radius 3 is 2.68 bits per heavy atom. The number of nitrogens with zero attached hydrogens (tertiary/aromatic N) is 1. The molecule has 0 fully saturated rings. The third-order valence-electron chi connectivity index (χ3n) is 3.91. The molecule has 1 N–H and O–H groups in total. The van der Waals surface area contributed by atoms with Gasteiger partial charge in [-0.1, -0.05) is 37.6 Å². The van der Waals surface area contributed by atoms with E-state index in [4.69, 9.17) is 4.74 Å². The number of hydrogen-bond acceptors (Lipinski definition) is 3. The van der Waals surface area contributed by atoms with Crippen molar-refractivity contribution in [1.82, 2.24) is 4.98 Å². The summed E-state index contributed by atoms with van der Waals surface area (Å²) < 4.78 is 5.77. The first-order chi connectivity index (χ1) is 11.9. The Morgan fingerprint density at radius 2 is 1.96 bits per heavy atom. The van der Waals surface area contributed by atoms with Crippen molar-refractivity contribution in [2.75, 3.05) is 6.61 Å². The molecule has 0 atom stereocenters. The Bertz CT molecular complexity index is 932. The first kappa shape index (κ1) is 17.0. The molecule has 0 amide bonds. The lowest BCUT2D eigenvalue weighted by Gasteiger charge is -2.11. The van der Waals surface area contributed by atoms with E-state index in [9.17, 15) is 9.90 Å².